The minimum absolute atomic E-state index is 0.263. The molecule has 0 bridgehead atoms. The second-order valence-electron chi connectivity index (χ2n) is 7.87. The highest BCUT2D eigenvalue weighted by molar-refractivity contribution is 6.05. The maximum absolute atomic E-state index is 13.3. The van der Waals surface area contributed by atoms with Gasteiger partial charge >= 0.3 is 6.09 Å². The molecule has 8 nitrogen and oxygen atoms in total. The normalized spacial score (nSPS) is 10.7. The number of imidazole rings is 1. The number of anilines is 2. The van der Waals surface area contributed by atoms with Crippen LogP contribution in [0.25, 0.3) is 16.8 Å². The number of fused-ring (bicyclic) bond motifs is 1. The van der Waals surface area contributed by atoms with Crippen LogP contribution in [0.1, 0.15) is 29.9 Å². The van der Waals surface area contributed by atoms with Gasteiger partial charge in [0.05, 0.1) is 30.7 Å². The molecular formula is C27H28N4O4. The zero-order chi connectivity index (χ0) is 24.9. The zero-order valence-corrected chi connectivity index (χ0v) is 20.2. The first kappa shape index (κ1) is 23.8. The Bertz CT molecular complexity index is 1360. The number of aryl methyl sites for hydroxylation is 1. The summed E-state index contributed by atoms with van der Waals surface area (Å²) in [6.45, 7) is 3.98. The summed E-state index contributed by atoms with van der Waals surface area (Å²) < 4.78 is 12.4. The predicted molar refractivity (Wildman–Crippen MR) is 136 cm³/mol. The maximum atomic E-state index is 13.3. The zero-order valence-electron chi connectivity index (χ0n) is 20.2. The third kappa shape index (κ3) is 4.82. The third-order valence-corrected chi connectivity index (χ3v) is 5.67. The molecule has 35 heavy (non-hydrogen) atoms. The number of carbonyl (C=O) groups is 2. The van der Waals surface area contributed by atoms with Gasteiger partial charge in [0.2, 0.25) is 0 Å². The number of hydrogen-bond donors (Lipinski definition) is 1. The number of carbonyl (C=O) groups excluding carboxylic acids is 2. The van der Waals surface area contributed by atoms with E-state index in [9.17, 15) is 9.59 Å². The number of rotatable bonds is 7. The summed E-state index contributed by atoms with van der Waals surface area (Å²) >= 11 is 0. The lowest BCUT2D eigenvalue weighted by Gasteiger charge is -2.17. The minimum Gasteiger partial charge on any atom is -0.495 e. The van der Waals surface area contributed by atoms with Crippen molar-refractivity contribution in [1.29, 1.82) is 0 Å². The van der Waals surface area contributed by atoms with E-state index in [0.29, 0.717) is 34.9 Å². The van der Waals surface area contributed by atoms with Crippen molar-refractivity contribution >= 4 is 29.2 Å². The standard InChI is InChI=1S/C27H28N4O4/c1-5-21-26(30(3)27(33)35-6-2)31-17-20(13-15-24(31)28-21)25(32)29-22-16-19(12-14-23(22)34-4)18-10-8-7-9-11-18/h7-17H,5-6H2,1-4H3,(H,29,32). The molecule has 2 aromatic heterocycles. The van der Waals surface area contributed by atoms with Crippen molar-refractivity contribution in [3.05, 3.63) is 78.1 Å². The summed E-state index contributed by atoms with van der Waals surface area (Å²) in [5, 5.41) is 2.96. The molecule has 4 rings (SSSR count). The summed E-state index contributed by atoms with van der Waals surface area (Å²) in [5.41, 5.74) is 4.32. The predicted octanol–water partition coefficient (Wildman–Crippen LogP) is 5.42. The number of pyridine rings is 1. The lowest BCUT2D eigenvalue weighted by molar-refractivity contribution is 0.102. The van der Waals surface area contributed by atoms with E-state index in [1.54, 1.807) is 43.8 Å². The van der Waals surface area contributed by atoms with Crippen molar-refractivity contribution in [1.82, 2.24) is 9.38 Å². The number of aromatic nitrogens is 2. The van der Waals surface area contributed by atoms with Gasteiger partial charge < -0.3 is 14.8 Å². The van der Waals surface area contributed by atoms with Crippen LogP contribution in [0.2, 0.25) is 0 Å². The van der Waals surface area contributed by atoms with Crippen LogP contribution in [0, 0.1) is 0 Å². The Hall–Kier alpha value is -4.33. The molecule has 0 radical (unpaired) electrons. The Balaban J connectivity index is 1.69. The van der Waals surface area contributed by atoms with Gasteiger partial charge in [-0.2, -0.15) is 0 Å². The Morgan fingerprint density at radius 1 is 1.03 bits per heavy atom. The molecule has 0 aliphatic carbocycles. The SMILES string of the molecule is CCOC(=O)N(C)c1c(CC)nc2ccc(C(=O)Nc3cc(-c4ccccc4)ccc3OC)cn12. The number of amides is 2. The van der Waals surface area contributed by atoms with E-state index >= 15 is 0 Å². The summed E-state index contributed by atoms with van der Waals surface area (Å²) in [6, 6.07) is 19.0. The van der Waals surface area contributed by atoms with Crippen molar-refractivity contribution in [2.24, 2.45) is 0 Å². The first-order valence-electron chi connectivity index (χ1n) is 11.4. The van der Waals surface area contributed by atoms with Crippen LogP contribution in [-0.2, 0) is 11.2 Å². The van der Waals surface area contributed by atoms with Crippen molar-refractivity contribution < 1.29 is 19.1 Å². The maximum Gasteiger partial charge on any atom is 0.415 e. The molecule has 0 spiro atoms. The smallest absolute Gasteiger partial charge is 0.415 e. The van der Waals surface area contributed by atoms with E-state index in [1.165, 1.54) is 4.90 Å². The van der Waals surface area contributed by atoms with Crippen molar-refractivity contribution in [3.8, 4) is 16.9 Å². The topological polar surface area (TPSA) is 85.2 Å². The molecule has 2 amide bonds. The van der Waals surface area contributed by atoms with E-state index in [4.69, 9.17) is 9.47 Å². The van der Waals surface area contributed by atoms with Crippen LogP contribution in [0.3, 0.4) is 0 Å². The second-order valence-corrected chi connectivity index (χ2v) is 7.87. The third-order valence-electron chi connectivity index (χ3n) is 5.67. The molecule has 0 saturated heterocycles. The summed E-state index contributed by atoms with van der Waals surface area (Å²) in [7, 11) is 3.20. The fourth-order valence-electron chi connectivity index (χ4n) is 3.92. The van der Waals surface area contributed by atoms with Gasteiger partial charge in [0.1, 0.15) is 17.2 Å². The fourth-order valence-corrected chi connectivity index (χ4v) is 3.92. The number of hydrogen-bond acceptors (Lipinski definition) is 5. The Kier molecular flexibility index (Phi) is 7.01. The highest BCUT2D eigenvalue weighted by atomic mass is 16.6. The van der Waals surface area contributed by atoms with E-state index < -0.39 is 6.09 Å². The minimum atomic E-state index is -0.485. The Morgan fingerprint density at radius 2 is 1.80 bits per heavy atom. The summed E-state index contributed by atoms with van der Waals surface area (Å²) in [4.78, 5) is 31.7. The highest BCUT2D eigenvalue weighted by Gasteiger charge is 2.22. The number of ether oxygens (including phenoxy) is 2. The van der Waals surface area contributed by atoms with Crippen LogP contribution in [0.4, 0.5) is 16.3 Å². The van der Waals surface area contributed by atoms with Crippen LogP contribution in [-0.4, -0.2) is 42.1 Å². The molecule has 2 aromatic carbocycles. The monoisotopic (exact) mass is 472 g/mol. The van der Waals surface area contributed by atoms with Crippen LogP contribution >= 0.6 is 0 Å². The van der Waals surface area contributed by atoms with Crippen LogP contribution < -0.4 is 15.0 Å². The highest BCUT2D eigenvalue weighted by Crippen LogP contribution is 2.31. The number of nitrogens with zero attached hydrogens (tertiary/aromatic N) is 3. The quantitative estimate of drug-likeness (QED) is 0.388. The molecule has 2 heterocycles. The van der Waals surface area contributed by atoms with Gasteiger partial charge in [0.15, 0.2) is 0 Å². The van der Waals surface area contributed by atoms with Gasteiger partial charge in [-0.15, -0.1) is 0 Å². The van der Waals surface area contributed by atoms with Gasteiger partial charge in [-0.25, -0.2) is 9.78 Å². The average Bonchev–Trinajstić information content (AvgIpc) is 3.26. The number of methoxy groups -OCH3 is 1. The molecular weight excluding hydrogens is 444 g/mol. The molecule has 0 fully saturated rings. The molecule has 180 valence electrons. The Labute approximate surface area is 204 Å². The first-order chi connectivity index (χ1) is 17.0. The average molecular weight is 473 g/mol. The number of benzene rings is 2. The molecule has 0 unspecified atom stereocenters. The van der Waals surface area contributed by atoms with E-state index in [2.05, 4.69) is 10.3 Å². The molecule has 0 saturated carbocycles. The molecule has 0 aliphatic heterocycles. The summed E-state index contributed by atoms with van der Waals surface area (Å²) in [5.74, 6) is 0.809. The molecule has 8 heteroatoms. The molecule has 0 atom stereocenters. The van der Waals surface area contributed by atoms with Gasteiger partial charge in [-0.1, -0.05) is 43.3 Å². The number of nitrogens with one attached hydrogen (secondary N) is 1. The van der Waals surface area contributed by atoms with E-state index in [-0.39, 0.29) is 12.5 Å². The first-order valence-corrected chi connectivity index (χ1v) is 11.4. The Morgan fingerprint density at radius 3 is 2.49 bits per heavy atom. The molecule has 0 aliphatic rings. The lowest BCUT2D eigenvalue weighted by Crippen LogP contribution is -2.29. The van der Waals surface area contributed by atoms with Crippen LogP contribution in [0.15, 0.2) is 66.9 Å². The van der Waals surface area contributed by atoms with Crippen molar-refractivity contribution in [2.45, 2.75) is 20.3 Å². The van der Waals surface area contributed by atoms with Gasteiger partial charge in [0, 0.05) is 13.2 Å². The largest absolute Gasteiger partial charge is 0.495 e. The van der Waals surface area contributed by atoms with Crippen LogP contribution in [0.5, 0.6) is 5.75 Å². The van der Waals surface area contributed by atoms with Gasteiger partial charge in [-0.3, -0.25) is 14.1 Å². The second kappa shape index (κ2) is 10.3. The molecule has 4 aromatic rings. The summed E-state index contributed by atoms with van der Waals surface area (Å²) in [6.07, 6.45) is 1.81. The van der Waals surface area contributed by atoms with E-state index in [0.717, 1.165) is 16.8 Å². The lowest BCUT2D eigenvalue weighted by atomic mass is 10.0. The fraction of sp³-hybridized carbons (Fsp3) is 0.222. The van der Waals surface area contributed by atoms with Crippen molar-refractivity contribution in [2.75, 3.05) is 31.0 Å². The van der Waals surface area contributed by atoms with Gasteiger partial charge in [-0.05, 0) is 48.7 Å². The molecule has 1 N–H and O–H groups in total. The van der Waals surface area contributed by atoms with Gasteiger partial charge in [0.25, 0.3) is 5.91 Å². The van der Waals surface area contributed by atoms with E-state index in [1.807, 2.05) is 55.5 Å². The van der Waals surface area contributed by atoms with Crippen molar-refractivity contribution in [3.63, 3.8) is 0 Å².